The van der Waals surface area contributed by atoms with Crippen molar-refractivity contribution in [3.05, 3.63) is 63.7 Å². The number of likely N-dealkylation sites (tertiary alicyclic amines) is 1. The van der Waals surface area contributed by atoms with E-state index in [1.54, 1.807) is 7.11 Å². The van der Waals surface area contributed by atoms with Gasteiger partial charge in [-0.2, -0.15) is 0 Å². The lowest BCUT2D eigenvalue weighted by Gasteiger charge is -2.16. The summed E-state index contributed by atoms with van der Waals surface area (Å²) in [6.45, 7) is 3.22. The van der Waals surface area contributed by atoms with Gasteiger partial charge in [-0.25, -0.2) is 9.50 Å². The van der Waals surface area contributed by atoms with Crippen LogP contribution in [0.1, 0.15) is 35.7 Å². The van der Waals surface area contributed by atoms with E-state index in [2.05, 4.69) is 10.1 Å². The van der Waals surface area contributed by atoms with Crippen molar-refractivity contribution in [3.8, 4) is 5.75 Å². The van der Waals surface area contributed by atoms with Crippen LogP contribution in [0, 0.1) is 6.92 Å². The van der Waals surface area contributed by atoms with Crippen molar-refractivity contribution in [2.24, 2.45) is 0 Å². The summed E-state index contributed by atoms with van der Waals surface area (Å²) in [4.78, 5) is 31.0. The van der Waals surface area contributed by atoms with Crippen molar-refractivity contribution >= 4 is 11.6 Å². The first-order valence-electron chi connectivity index (χ1n) is 9.53. The Morgan fingerprint density at radius 2 is 2.07 bits per heavy atom. The fourth-order valence-corrected chi connectivity index (χ4v) is 3.78. The van der Waals surface area contributed by atoms with Crippen LogP contribution in [0.5, 0.6) is 5.75 Å². The van der Waals surface area contributed by atoms with Gasteiger partial charge in [-0.3, -0.25) is 14.7 Å². The van der Waals surface area contributed by atoms with E-state index in [0.717, 1.165) is 36.4 Å². The molecule has 7 nitrogen and oxygen atoms in total. The Balaban J connectivity index is 1.38. The number of hydrogen-bond acceptors (Lipinski definition) is 4. The molecule has 1 N–H and O–H groups in total. The van der Waals surface area contributed by atoms with Gasteiger partial charge in [0.2, 0.25) is 5.91 Å². The second kappa shape index (κ2) is 7.50. The molecule has 0 aliphatic carbocycles. The Labute approximate surface area is 162 Å². The van der Waals surface area contributed by atoms with E-state index in [0.29, 0.717) is 24.3 Å². The molecule has 28 heavy (non-hydrogen) atoms. The number of amides is 1. The molecule has 1 aromatic carbocycles. The lowest BCUT2D eigenvalue weighted by molar-refractivity contribution is -0.130. The normalized spacial score (nSPS) is 16.6. The van der Waals surface area contributed by atoms with E-state index < -0.39 is 0 Å². The van der Waals surface area contributed by atoms with Gasteiger partial charge in [0.15, 0.2) is 5.65 Å². The van der Waals surface area contributed by atoms with E-state index in [1.165, 1.54) is 10.6 Å². The van der Waals surface area contributed by atoms with Crippen LogP contribution in [0.4, 0.5) is 0 Å². The number of nitrogens with one attached hydrogen (secondary N) is 1. The molecule has 3 heterocycles. The summed E-state index contributed by atoms with van der Waals surface area (Å²) in [6.07, 6.45) is 2.09. The van der Waals surface area contributed by atoms with E-state index in [9.17, 15) is 9.59 Å². The molecule has 1 amide bonds. The smallest absolute Gasteiger partial charge is 0.272 e. The van der Waals surface area contributed by atoms with Crippen molar-refractivity contribution in [2.45, 2.75) is 32.1 Å². The van der Waals surface area contributed by atoms with Crippen LogP contribution in [0.15, 0.2) is 41.2 Å². The number of benzene rings is 1. The molecule has 0 saturated carbocycles. The minimum Gasteiger partial charge on any atom is -0.497 e. The molecule has 1 aliphatic rings. The second-order valence-electron chi connectivity index (χ2n) is 7.31. The molecule has 4 rings (SSSR count). The summed E-state index contributed by atoms with van der Waals surface area (Å²) in [7, 11) is 1.64. The maximum atomic E-state index is 12.6. The van der Waals surface area contributed by atoms with E-state index in [-0.39, 0.29) is 17.4 Å². The van der Waals surface area contributed by atoms with Gasteiger partial charge in [0.1, 0.15) is 5.75 Å². The third kappa shape index (κ3) is 3.65. The van der Waals surface area contributed by atoms with Crippen LogP contribution >= 0.6 is 0 Å². The molecule has 1 fully saturated rings. The fourth-order valence-electron chi connectivity index (χ4n) is 3.78. The first kappa shape index (κ1) is 18.3. The van der Waals surface area contributed by atoms with Crippen molar-refractivity contribution in [3.63, 3.8) is 0 Å². The monoisotopic (exact) mass is 380 g/mol. The number of ether oxygens (including phenoxy) is 1. The molecule has 2 aromatic heterocycles. The van der Waals surface area contributed by atoms with Crippen LogP contribution < -0.4 is 10.3 Å². The predicted octanol–water partition coefficient (Wildman–Crippen LogP) is 2.29. The summed E-state index contributed by atoms with van der Waals surface area (Å²) in [5.41, 5.74) is 3.31. The summed E-state index contributed by atoms with van der Waals surface area (Å²) in [6, 6.07) is 11.3. The van der Waals surface area contributed by atoms with E-state index in [4.69, 9.17) is 4.74 Å². The van der Waals surface area contributed by atoms with Crippen LogP contribution in [-0.2, 0) is 11.2 Å². The number of carbonyl (C=O) groups is 1. The Hall–Kier alpha value is -3.09. The summed E-state index contributed by atoms with van der Waals surface area (Å²) < 4.78 is 6.63. The van der Waals surface area contributed by atoms with E-state index >= 15 is 0 Å². The number of rotatable bonds is 5. The van der Waals surface area contributed by atoms with Gasteiger partial charge in [0.25, 0.3) is 5.56 Å². The highest BCUT2D eigenvalue weighted by molar-refractivity contribution is 5.77. The molecule has 0 radical (unpaired) electrons. The highest BCUT2D eigenvalue weighted by Gasteiger charge is 2.28. The zero-order chi connectivity index (χ0) is 19.7. The van der Waals surface area contributed by atoms with Crippen molar-refractivity contribution < 1.29 is 9.53 Å². The van der Waals surface area contributed by atoms with Crippen LogP contribution in [0.3, 0.4) is 0 Å². The SMILES string of the molecule is COc1ccc(CCC(=O)N2CCC(c3cc4nc(C)cc(=O)n4[nH]3)C2)cc1. The average molecular weight is 380 g/mol. The number of nitrogens with zero attached hydrogens (tertiary/aromatic N) is 3. The largest absolute Gasteiger partial charge is 0.497 e. The zero-order valence-corrected chi connectivity index (χ0v) is 16.1. The highest BCUT2D eigenvalue weighted by atomic mass is 16.5. The van der Waals surface area contributed by atoms with Gasteiger partial charge in [0.05, 0.1) is 7.11 Å². The fraction of sp³-hybridized carbons (Fsp3) is 0.381. The van der Waals surface area contributed by atoms with Gasteiger partial charge in [-0.15, -0.1) is 0 Å². The molecule has 1 saturated heterocycles. The number of aromatic amines is 1. The van der Waals surface area contributed by atoms with Gasteiger partial charge >= 0.3 is 0 Å². The van der Waals surface area contributed by atoms with Crippen LogP contribution in [0.25, 0.3) is 5.65 Å². The molecule has 1 atom stereocenters. The number of aromatic nitrogens is 3. The van der Waals surface area contributed by atoms with Gasteiger partial charge in [0, 0.05) is 48.9 Å². The van der Waals surface area contributed by atoms with Crippen LogP contribution in [-0.4, -0.2) is 45.6 Å². The van der Waals surface area contributed by atoms with Crippen molar-refractivity contribution in [1.29, 1.82) is 0 Å². The highest BCUT2D eigenvalue weighted by Crippen LogP contribution is 2.27. The van der Waals surface area contributed by atoms with Gasteiger partial charge < -0.3 is 9.64 Å². The number of H-pyrrole nitrogens is 1. The lowest BCUT2D eigenvalue weighted by Crippen LogP contribution is -2.28. The number of aryl methyl sites for hydroxylation is 2. The Kier molecular flexibility index (Phi) is 4.90. The quantitative estimate of drug-likeness (QED) is 0.737. The van der Waals surface area contributed by atoms with Gasteiger partial charge in [-0.05, 0) is 37.5 Å². The first-order valence-corrected chi connectivity index (χ1v) is 9.53. The molecule has 1 unspecified atom stereocenters. The maximum Gasteiger partial charge on any atom is 0.272 e. The van der Waals surface area contributed by atoms with Crippen molar-refractivity contribution in [2.75, 3.05) is 20.2 Å². The van der Waals surface area contributed by atoms with Gasteiger partial charge in [-0.1, -0.05) is 12.1 Å². The topological polar surface area (TPSA) is 79.7 Å². The molecular weight excluding hydrogens is 356 g/mol. The number of fused-ring (bicyclic) bond motifs is 1. The summed E-state index contributed by atoms with van der Waals surface area (Å²) >= 11 is 0. The molecule has 7 heteroatoms. The third-order valence-corrected chi connectivity index (χ3v) is 5.37. The summed E-state index contributed by atoms with van der Waals surface area (Å²) in [5.74, 6) is 1.19. The first-order chi connectivity index (χ1) is 13.5. The Bertz CT molecular complexity index is 1050. The standard InChI is InChI=1S/C21H24N4O3/c1-14-11-21(27)25-19(22-14)12-18(23-25)16-9-10-24(13-16)20(26)8-5-15-3-6-17(28-2)7-4-15/h3-4,6-7,11-12,16,23H,5,8-10,13H2,1-2H3. The minimum absolute atomic E-state index is 0.112. The average Bonchev–Trinajstić information content (AvgIpc) is 3.33. The molecular formula is C21H24N4O3. The molecule has 0 spiro atoms. The minimum atomic E-state index is -0.112. The zero-order valence-electron chi connectivity index (χ0n) is 16.1. The maximum absolute atomic E-state index is 12.6. The molecule has 3 aromatic rings. The van der Waals surface area contributed by atoms with Crippen molar-refractivity contribution in [1.82, 2.24) is 19.5 Å². The number of methoxy groups -OCH3 is 1. The second-order valence-corrected chi connectivity index (χ2v) is 7.31. The molecule has 0 bridgehead atoms. The third-order valence-electron chi connectivity index (χ3n) is 5.37. The van der Waals surface area contributed by atoms with Crippen LogP contribution in [0.2, 0.25) is 0 Å². The Morgan fingerprint density at radius 1 is 1.29 bits per heavy atom. The molecule has 1 aliphatic heterocycles. The molecule has 146 valence electrons. The number of carbonyl (C=O) groups excluding carboxylic acids is 1. The predicted molar refractivity (Wildman–Crippen MR) is 106 cm³/mol. The number of hydrogen-bond donors (Lipinski definition) is 1. The summed E-state index contributed by atoms with van der Waals surface area (Å²) in [5, 5.41) is 3.15. The lowest BCUT2D eigenvalue weighted by atomic mass is 10.1. The van der Waals surface area contributed by atoms with E-state index in [1.807, 2.05) is 42.2 Å². The Morgan fingerprint density at radius 3 is 2.82 bits per heavy atom.